The molecule has 0 fully saturated rings. The van der Waals surface area contributed by atoms with Gasteiger partial charge in [-0.3, -0.25) is 0 Å². The van der Waals surface area contributed by atoms with Crippen LogP contribution in [0.4, 0.5) is 5.69 Å². The lowest BCUT2D eigenvalue weighted by Crippen LogP contribution is -2.10. The summed E-state index contributed by atoms with van der Waals surface area (Å²) in [7, 11) is 0. The molecule has 0 saturated heterocycles. The highest BCUT2D eigenvalue weighted by molar-refractivity contribution is 9.10. The summed E-state index contributed by atoms with van der Waals surface area (Å²) in [5, 5.41) is 0. The van der Waals surface area contributed by atoms with Crippen molar-refractivity contribution in [3.8, 4) is 5.75 Å². The van der Waals surface area contributed by atoms with Crippen LogP contribution in [0.5, 0.6) is 5.75 Å². The zero-order valence-corrected chi connectivity index (χ0v) is 16.4. The Morgan fingerprint density at radius 2 is 1.74 bits per heavy atom. The Morgan fingerprint density at radius 1 is 1.04 bits per heavy atom. The molecule has 0 aromatic heterocycles. The third-order valence-electron chi connectivity index (χ3n) is 3.30. The van der Waals surface area contributed by atoms with Crippen molar-refractivity contribution in [2.24, 2.45) is 0 Å². The van der Waals surface area contributed by atoms with Crippen LogP contribution >= 0.6 is 15.9 Å². The number of carbonyl (C=O) groups excluding carboxylic acids is 2. The SMILES string of the molecule is CC=CC(=O)OCCCOc1ccc(C(=O)ONc2ccc(Br)cc2)cc1. The number of benzene rings is 2. The van der Waals surface area contributed by atoms with E-state index in [4.69, 9.17) is 14.3 Å². The Balaban J connectivity index is 1.71. The van der Waals surface area contributed by atoms with Crippen LogP contribution in [0, 0.1) is 0 Å². The van der Waals surface area contributed by atoms with E-state index in [1.165, 1.54) is 6.08 Å². The topological polar surface area (TPSA) is 73.9 Å². The van der Waals surface area contributed by atoms with E-state index in [0.29, 0.717) is 30.0 Å². The van der Waals surface area contributed by atoms with Crippen molar-refractivity contribution in [2.75, 3.05) is 18.7 Å². The zero-order chi connectivity index (χ0) is 19.5. The highest BCUT2D eigenvalue weighted by atomic mass is 79.9. The number of anilines is 1. The molecule has 27 heavy (non-hydrogen) atoms. The minimum Gasteiger partial charge on any atom is -0.493 e. The van der Waals surface area contributed by atoms with Gasteiger partial charge >= 0.3 is 11.9 Å². The van der Waals surface area contributed by atoms with Gasteiger partial charge in [-0.1, -0.05) is 22.0 Å². The molecule has 0 amide bonds. The lowest BCUT2D eigenvalue weighted by atomic mass is 10.2. The van der Waals surface area contributed by atoms with Crippen LogP contribution in [0.3, 0.4) is 0 Å². The van der Waals surface area contributed by atoms with Gasteiger partial charge in [0, 0.05) is 17.0 Å². The lowest BCUT2D eigenvalue weighted by Gasteiger charge is -2.08. The molecule has 0 atom stereocenters. The molecule has 0 bridgehead atoms. The Hall–Kier alpha value is -2.80. The fourth-order valence-corrected chi connectivity index (χ4v) is 2.24. The predicted molar refractivity (Wildman–Crippen MR) is 106 cm³/mol. The smallest absolute Gasteiger partial charge is 0.362 e. The number of halogens is 1. The molecule has 0 saturated carbocycles. The van der Waals surface area contributed by atoms with Gasteiger partial charge in [-0.2, -0.15) is 0 Å². The molecule has 2 aromatic rings. The van der Waals surface area contributed by atoms with Crippen molar-refractivity contribution in [3.05, 3.63) is 70.7 Å². The molecule has 0 radical (unpaired) electrons. The molecule has 0 heterocycles. The third kappa shape index (κ3) is 7.53. The first kappa shape index (κ1) is 20.5. The number of carbonyl (C=O) groups is 2. The molecular formula is C20H20BrNO5. The van der Waals surface area contributed by atoms with Gasteiger partial charge in [0.25, 0.3) is 0 Å². The maximum Gasteiger partial charge on any atom is 0.362 e. The normalized spacial score (nSPS) is 10.4. The van der Waals surface area contributed by atoms with E-state index in [-0.39, 0.29) is 12.6 Å². The fourth-order valence-electron chi connectivity index (χ4n) is 1.98. The summed E-state index contributed by atoms with van der Waals surface area (Å²) >= 11 is 3.34. The van der Waals surface area contributed by atoms with Crippen LogP contribution in [0.15, 0.2) is 65.2 Å². The van der Waals surface area contributed by atoms with Crippen LogP contribution in [-0.2, 0) is 14.4 Å². The second kappa shape index (κ2) is 11.0. The highest BCUT2D eigenvalue weighted by Crippen LogP contribution is 2.16. The van der Waals surface area contributed by atoms with E-state index >= 15 is 0 Å². The molecule has 0 aliphatic rings. The van der Waals surface area contributed by atoms with E-state index in [0.717, 1.165) is 4.47 Å². The summed E-state index contributed by atoms with van der Waals surface area (Å²) in [5.41, 5.74) is 3.67. The van der Waals surface area contributed by atoms with Gasteiger partial charge in [0.15, 0.2) is 0 Å². The average molecular weight is 434 g/mol. The van der Waals surface area contributed by atoms with Crippen molar-refractivity contribution in [2.45, 2.75) is 13.3 Å². The van der Waals surface area contributed by atoms with Gasteiger partial charge in [-0.25, -0.2) is 15.1 Å². The van der Waals surface area contributed by atoms with Crippen LogP contribution in [0.1, 0.15) is 23.7 Å². The zero-order valence-electron chi connectivity index (χ0n) is 14.8. The van der Waals surface area contributed by atoms with Crippen molar-refractivity contribution in [1.82, 2.24) is 0 Å². The first-order valence-corrected chi connectivity index (χ1v) is 9.13. The Kier molecular flexibility index (Phi) is 8.38. The van der Waals surface area contributed by atoms with E-state index in [1.807, 2.05) is 12.1 Å². The molecule has 2 rings (SSSR count). The fraction of sp³-hybridized carbons (Fsp3) is 0.200. The second-order valence-electron chi connectivity index (χ2n) is 5.39. The number of hydrogen-bond donors (Lipinski definition) is 1. The minimum atomic E-state index is -0.500. The summed E-state index contributed by atoms with van der Waals surface area (Å²) in [4.78, 5) is 28.2. The van der Waals surface area contributed by atoms with Crippen LogP contribution in [-0.4, -0.2) is 25.2 Å². The van der Waals surface area contributed by atoms with Crippen LogP contribution in [0.2, 0.25) is 0 Å². The van der Waals surface area contributed by atoms with E-state index < -0.39 is 5.97 Å². The summed E-state index contributed by atoms with van der Waals surface area (Å²) in [6, 6.07) is 13.8. The summed E-state index contributed by atoms with van der Waals surface area (Å²) in [5.74, 6) is -0.246. The van der Waals surface area contributed by atoms with Gasteiger partial charge in [-0.15, -0.1) is 0 Å². The molecule has 0 spiro atoms. The van der Waals surface area contributed by atoms with E-state index in [1.54, 1.807) is 49.4 Å². The molecule has 0 aliphatic carbocycles. The monoisotopic (exact) mass is 433 g/mol. The number of nitrogens with one attached hydrogen (secondary N) is 1. The predicted octanol–water partition coefficient (Wildman–Crippen LogP) is 4.52. The third-order valence-corrected chi connectivity index (χ3v) is 3.83. The molecular weight excluding hydrogens is 414 g/mol. The Labute approximate surface area is 166 Å². The standard InChI is InChI=1S/C20H20BrNO5/c1-2-4-19(23)26-14-3-13-25-18-11-5-15(6-12-18)20(24)27-22-17-9-7-16(21)8-10-17/h2,4-12,22H,3,13-14H2,1H3. The lowest BCUT2D eigenvalue weighted by molar-refractivity contribution is -0.137. The maximum absolute atomic E-state index is 12.0. The van der Waals surface area contributed by atoms with Gasteiger partial charge in [0.1, 0.15) is 5.75 Å². The first-order chi connectivity index (χ1) is 13.1. The summed E-state index contributed by atoms with van der Waals surface area (Å²) in [6.07, 6.45) is 3.56. The number of ether oxygens (including phenoxy) is 2. The van der Waals surface area contributed by atoms with Gasteiger partial charge in [0.05, 0.1) is 24.5 Å². The molecule has 142 valence electrons. The van der Waals surface area contributed by atoms with E-state index in [2.05, 4.69) is 21.4 Å². The Morgan fingerprint density at radius 3 is 2.41 bits per heavy atom. The number of hydrogen-bond acceptors (Lipinski definition) is 6. The summed E-state index contributed by atoms with van der Waals surface area (Å²) in [6.45, 7) is 2.44. The molecule has 2 aromatic carbocycles. The number of rotatable bonds is 9. The van der Waals surface area contributed by atoms with Crippen molar-refractivity contribution < 1.29 is 23.9 Å². The quantitative estimate of drug-likeness (QED) is 0.271. The number of esters is 1. The molecule has 7 heteroatoms. The highest BCUT2D eigenvalue weighted by Gasteiger charge is 2.08. The van der Waals surface area contributed by atoms with Gasteiger partial charge < -0.3 is 14.3 Å². The minimum absolute atomic E-state index is 0.287. The van der Waals surface area contributed by atoms with Crippen molar-refractivity contribution >= 4 is 33.6 Å². The second-order valence-corrected chi connectivity index (χ2v) is 6.31. The maximum atomic E-state index is 12.0. The first-order valence-electron chi connectivity index (χ1n) is 8.33. The van der Waals surface area contributed by atoms with Gasteiger partial charge in [0.2, 0.25) is 0 Å². The summed E-state index contributed by atoms with van der Waals surface area (Å²) < 4.78 is 11.4. The van der Waals surface area contributed by atoms with Crippen LogP contribution in [0.25, 0.3) is 0 Å². The molecule has 0 aliphatic heterocycles. The molecule has 1 N–H and O–H groups in total. The average Bonchev–Trinajstić information content (AvgIpc) is 2.68. The van der Waals surface area contributed by atoms with E-state index in [9.17, 15) is 9.59 Å². The molecule has 6 nitrogen and oxygen atoms in total. The largest absolute Gasteiger partial charge is 0.493 e. The Bertz CT molecular complexity index is 772. The van der Waals surface area contributed by atoms with Gasteiger partial charge in [-0.05, 0) is 55.5 Å². The number of allylic oxidation sites excluding steroid dienone is 1. The van der Waals surface area contributed by atoms with Crippen molar-refractivity contribution in [3.63, 3.8) is 0 Å². The molecule has 0 unspecified atom stereocenters. The van der Waals surface area contributed by atoms with Crippen molar-refractivity contribution in [1.29, 1.82) is 0 Å². The van der Waals surface area contributed by atoms with Crippen LogP contribution < -0.4 is 10.2 Å².